The average Bonchev–Trinajstić information content (AvgIpc) is 2.76. The smallest absolute Gasteiger partial charge is 0.271 e. The number of nitrogens with one attached hydrogen (secondary N) is 2. The highest BCUT2D eigenvalue weighted by molar-refractivity contribution is 7.92. The Morgan fingerprint density at radius 2 is 1.70 bits per heavy atom. The number of carbonyl (C=O) groups excluding carboxylic acids is 1. The van der Waals surface area contributed by atoms with Crippen molar-refractivity contribution in [2.24, 2.45) is 5.10 Å². The average molecular weight is 425 g/mol. The summed E-state index contributed by atoms with van der Waals surface area (Å²) in [4.78, 5) is 12.4. The number of benzene rings is 3. The first-order valence-electron chi connectivity index (χ1n) is 8.78. The Labute approximate surface area is 173 Å². The summed E-state index contributed by atoms with van der Waals surface area (Å²) in [6, 6.07) is 18.8. The molecule has 0 aliphatic rings. The zero-order valence-corrected chi connectivity index (χ0v) is 16.8. The summed E-state index contributed by atoms with van der Waals surface area (Å²) in [6.07, 6.45) is 1.29. The molecule has 3 N–H and O–H groups in total. The van der Waals surface area contributed by atoms with Gasteiger partial charge in [0.1, 0.15) is 0 Å². The van der Waals surface area contributed by atoms with Gasteiger partial charge in [-0.05, 0) is 48.5 Å². The Morgan fingerprint density at radius 1 is 1.00 bits per heavy atom. The van der Waals surface area contributed by atoms with Gasteiger partial charge in [-0.3, -0.25) is 9.52 Å². The summed E-state index contributed by atoms with van der Waals surface area (Å²) >= 11 is 0. The number of carbonyl (C=O) groups is 1. The maximum atomic E-state index is 12.3. The number of anilines is 1. The van der Waals surface area contributed by atoms with Gasteiger partial charge in [0.15, 0.2) is 11.5 Å². The zero-order chi connectivity index (χ0) is 21.6. The predicted octanol–water partition coefficient (Wildman–Crippen LogP) is 2.97. The lowest BCUT2D eigenvalue weighted by Crippen LogP contribution is -2.18. The van der Waals surface area contributed by atoms with Crippen molar-refractivity contribution in [3.63, 3.8) is 0 Å². The third-order valence-corrected chi connectivity index (χ3v) is 5.47. The third-order valence-electron chi connectivity index (χ3n) is 4.07. The van der Waals surface area contributed by atoms with Crippen LogP contribution in [0.1, 0.15) is 15.9 Å². The van der Waals surface area contributed by atoms with E-state index in [0.717, 1.165) is 0 Å². The molecule has 0 aliphatic heterocycles. The minimum absolute atomic E-state index is 0.0898. The van der Waals surface area contributed by atoms with Crippen LogP contribution in [0.25, 0.3) is 0 Å². The lowest BCUT2D eigenvalue weighted by atomic mass is 10.2. The molecule has 154 valence electrons. The quantitative estimate of drug-likeness (QED) is 0.397. The summed E-state index contributed by atoms with van der Waals surface area (Å²) < 4.78 is 32.1. The Balaban J connectivity index is 1.64. The highest BCUT2D eigenvalue weighted by Gasteiger charge is 2.14. The number of para-hydroxylation sites is 1. The second-order valence-electron chi connectivity index (χ2n) is 6.09. The number of methoxy groups -OCH3 is 1. The van der Waals surface area contributed by atoms with E-state index in [9.17, 15) is 18.3 Å². The first kappa shape index (κ1) is 20.9. The lowest BCUT2D eigenvalue weighted by molar-refractivity contribution is 0.0955. The van der Waals surface area contributed by atoms with E-state index in [4.69, 9.17) is 4.74 Å². The maximum Gasteiger partial charge on any atom is 0.271 e. The molecule has 1 amide bonds. The van der Waals surface area contributed by atoms with Crippen molar-refractivity contribution in [2.45, 2.75) is 4.90 Å². The van der Waals surface area contributed by atoms with Crippen LogP contribution in [-0.4, -0.2) is 32.8 Å². The van der Waals surface area contributed by atoms with Crippen molar-refractivity contribution in [2.75, 3.05) is 11.8 Å². The monoisotopic (exact) mass is 425 g/mol. The summed E-state index contributed by atoms with van der Waals surface area (Å²) in [7, 11) is -2.28. The van der Waals surface area contributed by atoms with Crippen LogP contribution in [0.2, 0.25) is 0 Å². The number of nitrogens with zero attached hydrogens (tertiary/aromatic N) is 1. The molecular formula is C21H19N3O5S. The van der Waals surface area contributed by atoms with Crippen molar-refractivity contribution in [3.05, 3.63) is 83.9 Å². The summed E-state index contributed by atoms with van der Waals surface area (Å²) in [5.74, 6) is -0.294. The Hall–Kier alpha value is -3.85. The van der Waals surface area contributed by atoms with Crippen LogP contribution in [0.15, 0.2) is 82.8 Å². The second kappa shape index (κ2) is 9.10. The van der Waals surface area contributed by atoms with Crippen molar-refractivity contribution in [1.29, 1.82) is 0 Å². The Morgan fingerprint density at radius 3 is 2.37 bits per heavy atom. The lowest BCUT2D eigenvalue weighted by Gasteiger charge is -2.08. The molecular weight excluding hydrogens is 406 g/mol. The van der Waals surface area contributed by atoms with E-state index in [1.807, 2.05) is 0 Å². The number of hydrogen-bond acceptors (Lipinski definition) is 6. The van der Waals surface area contributed by atoms with Gasteiger partial charge in [-0.2, -0.15) is 5.10 Å². The number of phenolic OH excluding ortho intramolecular Hbond substituents is 1. The molecule has 0 fully saturated rings. The molecule has 0 spiro atoms. The standard InChI is InChI=1S/C21H19N3O5S/c1-29-19-9-5-6-16(20(19)25)14-22-23-21(26)15-10-12-17(13-11-15)24-30(27,28)18-7-3-2-4-8-18/h2-14,24-25H,1H3,(H,23,26). The number of amides is 1. The molecule has 3 aromatic carbocycles. The van der Waals surface area contributed by atoms with Crippen LogP contribution < -0.4 is 14.9 Å². The Bertz CT molecular complexity index is 1160. The molecule has 3 rings (SSSR count). The van der Waals surface area contributed by atoms with Gasteiger partial charge in [-0.1, -0.05) is 24.3 Å². The molecule has 0 saturated carbocycles. The number of sulfonamides is 1. The molecule has 0 bridgehead atoms. The first-order chi connectivity index (χ1) is 14.4. The van der Waals surface area contributed by atoms with Gasteiger partial charge < -0.3 is 9.84 Å². The molecule has 0 radical (unpaired) electrons. The van der Waals surface area contributed by atoms with Gasteiger partial charge in [0.2, 0.25) is 0 Å². The van der Waals surface area contributed by atoms with E-state index < -0.39 is 15.9 Å². The second-order valence-corrected chi connectivity index (χ2v) is 7.78. The van der Waals surface area contributed by atoms with Gasteiger partial charge in [-0.15, -0.1) is 0 Å². The zero-order valence-electron chi connectivity index (χ0n) is 15.9. The van der Waals surface area contributed by atoms with Gasteiger partial charge >= 0.3 is 0 Å². The Kier molecular flexibility index (Phi) is 6.33. The third kappa shape index (κ3) is 4.95. The minimum atomic E-state index is -3.71. The van der Waals surface area contributed by atoms with Crippen LogP contribution >= 0.6 is 0 Å². The van der Waals surface area contributed by atoms with Crippen LogP contribution in [0.5, 0.6) is 11.5 Å². The molecule has 8 nitrogen and oxygen atoms in total. The minimum Gasteiger partial charge on any atom is -0.504 e. The van der Waals surface area contributed by atoms with Crippen LogP contribution in [-0.2, 0) is 10.0 Å². The molecule has 0 atom stereocenters. The van der Waals surface area contributed by atoms with Crippen LogP contribution in [0.4, 0.5) is 5.69 Å². The summed E-state index contributed by atoms with van der Waals surface area (Å²) in [5.41, 5.74) is 3.32. The summed E-state index contributed by atoms with van der Waals surface area (Å²) in [6.45, 7) is 0. The van der Waals surface area contributed by atoms with Crippen LogP contribution in [0.3, 0.4) is 0 Å². The number of aromatic hydroxyl groups is 1. The van der Waals surface area contributed by atoms with E-state index in [-0.39, 0.29) is 16.2 Å². The van der Waals surface area contributed by atoms with E-state index in [0.29, 0.717) is 17.0 Å². The molecule has 3 aromatic rings. The fraction of sp³-hybridized carbons (Fsp3) is 0.0476. The topological polar surface area (TPSA) is 117 Å². The number of phenols is 1. The maximum absolute atomic E-state index is 12.3. The van der Waals surface area contributed by atoms with E-state index in [1.54, 1.807) is 36.4 Å². The molecule has 0 saturated heterocycles. The van der Waals surface area contributed by atoms with Crippen LogP contribution in [0, 0.1) is 0 Å². The largest absolute Gasteiger partial charge is 0.504 e. The molecule has 0 heterocycles. The molecule has 30 heavy (non-hydrogen) atoms. The van der Waals surface area contributed by atoms with Gasteiger partial charge in [0.25, 0.3) is 15.9 Å². The van der Waals surface area contributed by atoms with E-state index in [1.165, 1.54) is 49.7 Å². The molecule has 0 aliphatic carbocycles. The molecule has 0 unspecified atom stereocenters. The van der Waals surface area contributed by atoms with Gasteiger partial charge in [0, 0.05) is 16.8 Å². The number of hydrazone groups is 1. The van der Waals surface area contributed by atoms with Crippen molar-refractivity contribution in [3.8, 4) is 11.5 Å². The van der Waals surface area contributed by atoms with E-state index >= 15 is 0 Å². The van der Waals surface area contributed by atoms with Crippen molar-refractivity contribution >= 4 is 27.8 Å². The SMILES string of the molecule is COc1cccc(C=NNC(=O)c2ccc(NS(=O)(=O)c3ccccc3)cc2)c1O. The first-order valence-corrected chi connectivity index (χ1v) is 10.3. The number of hydrogen-bond donors (Lipinski definition) is 3. The highest BCUT2D eigenvalue weighted by Crippen LogP contribution is 2.27. The van der Waals surface area contributed by atoms with Gasteiger partial charge in [0.05, 0.1) is 18.2 Å². The fourth-order valence-electron chi connectivity index (χ4n) is 2.54. The van der Waals surface area contributed by atoms with E-state index in [2.05, 4.69) is 15.2 Å². The number of rotatable bonds is 7. The predicted molar refractivity (Wildman–Crippen MR) is 113 cm³/mol. The molecule has 9 heteroatoms. The fourth-order valence-corrected chi connectivity index (χ4v) is 3.62. The van der Waals surface area contributed by atoms with Crippen molar-refractivity contribution < 1.29 is 23.1 Å². The van der Waals surface area contributed by atoms with Crippen molar-refractivity contribution in [1.82, 2.24) is 5.43 Å². The molecule has 0 aromatic heterocycles. The number of ether oxygens (including phenoxy) is 1. The normalized spacial score (nSPS) is 11.2. The highest BCUT2D eigenvalue weighted by atomic mass is 32.2. The summed E-state index contributed by atoms with van der Waals surface area (Å²) in [5, 5.41) is 13.8. The van der Waals surface area contributed by atoms with Gasteiger partial charge in [-0.25, -0.2) is 13.8 Å².